The quantitative estimate of drug-likeness (QED) is 0.679. The number of nitrogens with zero attached hydrogens (tertiary/aromatic N) is 2. The van der Waals surface area contributed by atoms with Gasteiger partial charge >= 0.3 is 12.3 Å². The molecule has 0 spiro atoms. The number of halogens is 6. The van der Waals surface area contributed by atoms with Crippen LogP contribution in [0.25, 0.3) is 0 Å². The van der Waals surface area contributed by atoms with E-state index in [1.54, 1.807) is 0 Å². The molecular formula is C7H5Cl2F4N3. The Hall–Kier alpha value is -0.820. The number of aromatic nitrogens is 2. The first-order valence-corrected chi connectivity index (χ1v) is 4.66. The van der Waals surface area contributed by atoms with Crippen LogP contribution in [0.3, 0.4) is 0 Å². The van der Waals surface area contributed by atoms with Crippen molar-refractivity contribution in [1.29, 1.82) is 0 Å². The zero-order valence-electron chi connectivity index (χ0n) is 7.52. The molecule has 0 aromatic carbocycles. The number of anilines is 1. The molecule has 1 aromatic rings. The number of hydrogen-bond donors (Lipinski definition) is 1. The van der Waals surface area contributed by atoms with Crippen LogP contribution in [0.1, 0.15) is 0 Å². The number of rotatable bonds is 4. The Kier molecular flexibility index (Phi) is 4.15. The predicted molar refractivity (Wildman–Crippen MR) is 51.5 cm³/mol. The van der Waals surface area contributed by atoms with E-state index in [1.165, 1.54) is 0 Å². The van der Waals surface area contributed by atoms with Gasteiger partial charge in [-0.2, -0.15) is 13.8 Å². The molecule has 1 heterocycles. The standard InChI is InChI=1S/C7H5Cl2F4N3/c8-3-1-14-6(9)16-4(3)15-2-7(12,13)5(10)11/h1,5H,2H2,(H,14,15,16). The van der Waals surface area contributed by atoms with E-state index in [-0.39, 0.29) is 16.1 Å². The van der Waals surface area contributed by atoms with E-state index in [0.29, 0.717) is 0 Å². The van der Waals surface area contributed by atoms with Crippen LogP contribution in [0.5, 0.6) is 0 Å². The Balaban J connectivity index is 2.71. The molecule has 90 valence electrons. The molecule has 0 aliphatic rings. The topological polar surface area (TPSA) is 37.8 Å². The van der Waals surface area contributed by atoms with Gasteiger partial charge in [0.05, 0.1) is 12.7 Å². The number of alkyl halides is 4. The summed E-state index contributed by atoms with van der Waals surface area (Å²) in [5.41, 5.74) is 0. The molecule has 0 atom stereocenters. The molecule has 0 unspecified atom stereocenters. The monoisotopic (exact) mass is 277 g/mol. The van der Waals surface area contributed by atoms with E-state index in [1.807, 2.05) is 5.32 Å². The highest BCUT2D eigenvalue weighted by Crippen LogP contribution is 2.25. The fraction of sp³-hybridized carbons (Fsp3) is 0.429. The highest BCUT2D eigenvalue weighted by atomic mass is 35.5. The van der Waals surface area contributed by atoms with Crippen molar-refractivity contribution in [3.8, 4) is 0 Å². The van der Waals surface area contributed by atoms with Crippen LogP contribution in [0, 0.1) is 0 Å². The van der Waals surface area contributed by atoms with Gasteiger partial charge in [0.2, 0.25) is 5.28 Å². The fourth-order valence-corrected chi connectivity index (χ4v) is 1.04. The van der Waals surface area contributed by atoms with Gasteiger partial charge < -0.3 is 5.32 Å². The van der Waals surface area contributed by atoms with Gasteiger partial charge in [0, 0.05) is 0 Å². The van der Waals surface area contributed by atoms with Gasteiger partial charge in [0.25, 0.3) is 0 Å². The van der Waals surface area contributed by atoms with Gasteiger partial charge in [0.15, 0.2) is 0 Å². The van der Waals surface area contributed by atoms with Gasteiger partial charge in [-0.1, -0.05) is 11.6 Å². The van der Waals surface area contributed by atoms with Crippen molar-refractivity contribution in [2.24, 2.45) is 0 Å². The zero-order valence-corrected chi connectivity index (χ0v) is 9.04. The van der Waals surface area contributed by atoms with Gasteiger partial charge in [-0.05, 0) is 11.6 Å². The van der Waals surface area contributed by atoms with E-state index < -0.39 is 18.9 Å². The summed E-state index contributed by atoms with van der Waals surface area (Å²) in [5.74, 6) is -4.39. The van der Waals surface area contributed by atoms with Gasteiger partial charge in [-0.25, -0.2) is 13.8 Å². The second-order valence-electron chi connectivity index (χ2n) is 2.75. The zero-order chi connectivity index (χ0) is 12.3. The molecule has 0 fully saturated rings. The summed E-state index contributed by atoms with van der Waals surface area (Å²) < 4.78 is 48.7. The molecule has 0 saturated heterocycles. The maximum Gasteiger partial charge on any atom is 0.324 e. The molecule has 9 heteroatoms. The summed E-state index contributed by atoms with van der Waals surface area (Å²) in [6.45, 7) is -1.29. The van der Waals surface area contributed by atoms with Crippen molar-refractivity contribution < 1.29 is 17.6 Å². The average molecular weight is 278 g/mol. The van der Waals surface area contributed by atoms with Crippen LogP contribution < -0.4 is 5.32 Å². The fourth-order valence-electron chi connectivity index (χ4n) is 0.748. The molecule has 3 nitrogen and oxygen atoms in total. The molecular weight excluding hydrogens is 273 g/mol. The summed E-state index contributed by atoms with van der Waals surface area (Å²) in [5, 5.41) is 1.66. The van der Waals surface area contributed by atoms with Crippen molar-refractivity contribution in [3.05, 3.63) is 16.5 Å². The third-order valence-corrected chi connectivity index (χ3v) is 1.98. The second kappa shape index (κ2) is 5.01. The van der Waals surface area contributed by atoms with Crippen molar-refractivity contribution in [3.63, 3.8) is 0 Å². The Labute approximate surface area is 97.8 Å². The lowest BCUT2D eigenvalue weighted by Crippen LogP contribution is -2.35. The molecule has 0 aliphatic carbocycles. The minimum atomic E-state index is -4.17. The van der Waals surface area contributed by atoms with Crippen LogP contribution in [-0.4, -0.2) is 28.9 Å². The third-order valence-electron chi connectivity index (χ3n) is 1.53. The summed E-state index contributed by atoms with van der Waals surface area (Å²) in [6.07, 6.45) is -2.70. The Morgan fingerprint density at radius 1 is 1.38 bits per heavy atom. The maximum atomic E-state index is 12.5. The molecule has 16 heavy (non-hydrogen) atoms. The molecule has 0 aliphatic heterocycles. The summed E-state index contributed by atoms with van der Waals surface area (Å²) in [4.78, 5) is 6.93. The van der Waals surface area contributed by atoms with Gasteiger partial charge in [-0.3, -0.25) is 0 Å². The first kappa shape index (κ1) is 13.2. The molecule has 1 N–H and O–H groups in total. The molecule has 1 rings (SSSR count). The maximum absolute atomic E-state index is 12.5. The van der Waals surface area contributed by atoms with Crippen LogP contribution in [0.2, 0.25) is 10.3 Å². The van der Waals surface area contributed by atoms with E-state index in [0.717, 1.165) is 6.20 Å². The lowest BCUT2D eigenvalue weighted by Gasteiger charge is -2.16. The molecule has 0 amide bonds. The summed E-state index contributed by atoms with van der Waals surface area (Å²) >= 11 is 10.9. The normalized spacial score (nSPS) is 11.9. The third kappa shape index (κ3) is 3.34. The van der Waals surface area contributed by atoms with Gasteiger partial charge in [0.1, 0.15) is 10.8 Å². The highest BCUT2D eigenvalue weighted by molar-refractivity contribution is 6.33. The van der Waals surface area contributed by atoms with E-state index in [4.69, 9.17) is 23.2 Å². The van der Waals surface area contributed by atoms with Crippen LogP contribution in [0.4, 0.5) is 23.4 Å². The summed E-state index contributed by atoms with van der Waals surface area (Å²) in [7, 11) is 0. The molecule has 0 bridgehead atoms. The van der Waals surface area contributed by atoms with Crippen LogP contribution in [-0.2, 0) is 0 Å². The van der Waals surface area contributed by atoms with Crippen molar-refractivity contribution in [2.75, 3.05) is 11.9 Å². The second-order valence-corrected chi connectivity index (χ2v) is 3.50. The number of hydrogen-bond acceptors (Lipinski definition) is 3. The molecule has 0 saturated carbocycles. The largest absolute Gasteiger partial charge is 0.362 e. The lowest BCUT2D eigenvalue weighted by molar-refractivity contribution is -0.117. The Morgan fingerprint density at radius 3 is 2.56 bits per heavy atom. The Morgan fingerprint density at radius 2 is 2.00 bits per heavy atom. The van der Waals surface area contributed by atoms with E-state index >= 15 is 0 Å². The summed E-state index contributed by atoms with van der Waals surface area (Å²) in [6, 6.07) is 0. The van der Waals surface area contributed by atoms with Crippen LogP contribution in [0.15, 0.2) is 6.20 Å². The minimum Gasteiger partial charge on any atom is -0.362 e. The van der Waals surface area contributed by atoms with Crippen molar-refractivity contribution >= 4 is 29.0 Å². The highest BCUT2D eigenvalue weighted by Gasteiger charge is 2.40. The first-order valence-electron chi connectivity index (χ1n) is 3.91. The van der Waals surface area contributed by atoms with Crippen molar-refractivity contribution in [2.45, 2.75) is 12.3 Å². The van der Waals surface area contributed by atoms with E-state index in [9.17, 15) is 17.6 Å². The Bertz CT molecular complexity index is 375. The van der Waals surface area contributed by atoms with E-state index in [2.05, 4.69) is 9.97 Å². The van der Waals surface area contributed by atoms with Gasteiger partial charge in [-0.15, -0.1) is 0 Å². The smallest absolute Gasteiger partial charge is 0.324 e. The SMILES string of the molecule is FC(F)C(F)(F)CNc1nc(Cl)ncc1Cl. The average Bonchev–Trinajstić information content (AvgIpc) is 2.19. The van der Waals surface area contributed by atoms with Crippen LogP contribution >= 0.6 is 23.2 Å². The minimum absolute atomic E-state index is 0.0885. The predicted octanol–water partition coefficient (Wildman–Crippen LogP) is 3.10. The number of nitrogens with one attached hydrogen (secondary N) is 1. The van der Waals surface area contributed by atoms with Crippen molar-refractivity contribution in [1.82, 2.24) is 9.97 Å². The first-order chi connectivity index (χ1) is 7.33. The lowest BCUT2D eigenvalue weighted by atomic mass is 10.3. The molecule has 0 radical (unpaired) electrons. The molecule has 1 aromatic heterocycles.